The average Bonchev–Trinajstić information content (AvgIpc) is 2.18. The van der Waals surface area contributed by atoms with Crippen LogP contribution >= 0.6 is 0 Å². The van der Waals surface area contributed by atoms with Gasteiger partial charge in [-0.25, -0.2) is 0 Å². The molecule has 0 aliphatic rings. The summed E-state index contributed by atoms with van der Waals surface area (Å²) in [4.78, 5) is 15.6. The summed E-state index contributed by atoms with van der Waals surface area (Å²) in [5.41, 5.74) is 7.17. The van der Waals surface area contributed by atoms with Crippen LogP contribution in [0.3, 0.4) is 0 Å². The quantitative estimate of drug-likeness (QED) is 0.785. The summed E-state index contributed by atoms with van der Waals surface area (Å²) in [6.07, 6.45) is 2.85. The lowest BCUT2D eigenvalue weighted by Crippen LogP contribution is -2.19. The van der Waals surface area contributed by atoms with Crippen molar-refractivity contribution >= 4 is 11.6 Å². The lowest BCUT2D eigenvalue weighted by atomic mass is 10.2. The Morgan fingerprint density at radius 3 is 3.00 bits per heavy atom. The third-order valence-electron chi connectivity index (χ3n) is 2.11. The molecular weight excluding hydrogens is 190 g/mol. The molecule has 4 nitrogen and oxygen atoms in total. The molecule has 1 aromatic heterocycles. The van der Waals surface area contributed by atoms with Crippen LogP contribution in [0, 0.1) is 6.92 Å². The molecule has 15 heavy (non-hydrogen) atoms. The first kappa shape index (κ1) is 11.7. The first-order chi connectivity index (χ1) is 7.09. The molecule has 3 N–H and O–H groups in total. The number of carbonyl (C=O) groups excluding carboxylic acids is 1. The number of pyridine rings is 1. The number of aromatic nitrogens is 1. The van der Waals surface area contributed by atoms with Gasteiger partial charge in [0.05, 0.1) is 11.4 Å². The maximum absolute atomic E-state index is 11.5. The minimum Gasteiger partial charge on any atom is -0.328 e. The molecule has 82 valence electrons. The molecule has 0 aliphatic heterocycles. The number of carbonyl (C=O) groups is 1. The lowest BCUT2D eigenvalue weighted by molar-refractivity contribution is -0.116. The minimum absolute atomic E-state index is 0.0107. The number of aryl methyl sites for hydroxylation is 1. The van der Waals surface area contributed by atoms with Crippen molar-refractivity contribution in [2.24, 2.45) is 5.73 Å². The number of anilines is 1. The molecule has 0 saturated heterocycles. The Morgan fingerprint density at radius 1 is 1.67 bits per heavy atom. The van der Waals surface area contributed by atoms with Crippen molar-refractivity contribution < 1.29 is 4.79 Å². The minimum atomic E-state index is -0.0107. The second kappa shape index (κ2) is 5.46. The van der Waals surface area contributed by atoms with E-state index in [0.29, 0.717) is 12.8 Å². The van der Waals surface area contributed by atoms with E-state index in [0.717, 1.165) is 11.4 Å². The van der Waals surface area contributed by atoms with E-state index < -0.39 is 0 Å². The molecule has 1 heterocycles. The highest BCUT2D eigenvalue weighted by molar-refractivity contribution is 5.91. The van der Waals surface area contributed by atoms with E-state index in [9.17, 15) is 4.79 Å². The summed E-state index contributed by atoms with van der Waals surface area (Å²) in [6, 6.07) is 3.70. The van der Waals surface area contributed by atoms with Gasteiger partial charge in [0.15, 0.2) is 0 Å². The van der Waals surface area contributed by atoms with Crippen molar-refractivity contribution in [3.63, 3.8) is 0 Å². The number of nitrogens with one attached hydrogen (secondary N) is 1. The third-order valence-corrected chi connectivity index (χ3v) is 2.11. The highest BCUT2D eigenvalue weighted by Crippen LogP contribution is 2.10. The summed E-state index contributed by atoms with van der Waals surface area (Å²) in [7, 11) is 0. The average molecular weight is 207 g/mol. The van der Waals surface area contributed by atoms with E-state index >= 15 is 0 Å². The second-order valence-corrected chi connectivity index (χ2v) is 3.70. The van der Waals surface area contributed by atoms with Crippen LogP contribution < -0.4 is 11.1 Å². The second-order valence-electron chi connectivity index (χ2n) is 3.70. The van der Waals surface area contributed by atoms with E-state index in [1.165, 1.54) is 0 Å². The van der Waals surface area contributed by atoms with Crippen LogP contribution in [0.1, 0.15) is 25.5 Å². The molecule has 0 spiro atoms. The van der Waals surface area contributed by atoms with Crippen molar-refractivity contribution in [2.45, 2.75) is 32.7 Å². The third kappa shape index (κ3) is 4.08. The van der Waals surface area contributed by atoms with Gasteiger partial charge in [0.1, 0.15) is 0 Å². The van der Waals surface area contributed by atoms with Gasteiger partial charge in [0.25, 0.3) is 0 Å². The number of amides is 1. The van der Waals surface area contributed by atoms with Crippen molar-refractivity contribution in [3.05, 3.63) is 24.0 Å². The van der Waals surface area contributed by atoms with E-state index in [1.807, 2.05) is 19.9 Å². The summed E-state index contributed by atoms with van der Waals surface area (Å²) in [6.45, 7) is 3.75. The fraction of sp³-hybridized carbons (Fsp3) is 0.455. The summed E-state index contributed by atoms with van der Waals surface area (Å²) < 4.78 is 0. The topological polar surface area (TPSA) is 68.0 Å². The van der Waals surface area contributed by atoms with Gasteiger partial charge >= 0.3 is 0 Å². The molecule has 1 rings (SSSR count). The first-order valence-corrected chi connectivity index (χ1v) is 5.06. The van der Waals surface area contributed by atoms with Gasteiger partial charge in [-0.05, 0) is 32.4 Å². The number of rotatable bonds is 4. The summed E-state index contributed by atoms with van der Waals surface area (Å²) in [5, 5.41) is 2.81. The smallest absolute Gasteiger partial charge is 0.224 e. The number of hydrogen-bond acceptors (Lipinski definition) is 3. The largest absolute Gasteiger partial charge is 0.328 e. The molecule has 0 aromatic carbocycles. The molecule has 0 saturated carbocycles. The van der Waals surface area contributed by atoms with Crippen LogP contribution in [0.5, 0.6) is 0 Å². The Labute approximate surface area is 89.9 Å². The molecule has 0 aliphatic carbocycles. The zero-order chi connectivity index (χ0) is 11.3. The van der Waals surface area contributed by atoms with Gasteiger partial charge in [0.2, 0.25) is 5.91 Å². The van der Waals surface area contributed by atoms with Gasteiger partial charge < -0.3 is 11.1 Å². The normalized spacial score (nSPS) is 12.2. The van der Waals surface area contributed by atoms with Crippen LogP contribution in [0.4, 0.5) is 5.69 Å². The number of nitrogens with zero attached hydrogens (tertiary/aromatic N) is 1. The summed E-state index contributed by atoms with van der Waals surface area (Å²) >= 11 is 0. The SMILES string of the molecule is Cc1ncccc1NC(=O)CCC(C)N. The Balaban J connectivity index is 2.48. The van der Waals surface area contributed by atoms with Crippen LogP contribution in [0.2, 0.25) is 0 Å². The van der Waals surface area contributed by atoms with Gasteiger partial charge in [0, 0.05) is 18.7 Å². The lowest BCUT2D eigenvalue weighted by Gasteiger charge is -2.08. The van der Waals surface area contributed by atoms with E-state index in [4.69, 9.17) is 5.73 Å². The maximum Gasteiger partial charge on any atom is 0.224 e. The standard InChI is InChI=1S/C11H17N3O/c1-8(12)5-6-11(15)14-10-4-3-7-13-9(10)2/h3-4,7-8H,5-6,12H2,1-2H3,(H,14,15). The summed E-state index contributed by atoms with van der Waals surface area (Å²) in [5.74, 6) is -0.0107. The zero-order valence-corrected chi connectivity index (χ0v) is 9.16. The van der Waals surface area contributed by atoms with Crippen molar-refractivity contribution in [1.82, 2.24) is 4.98 Å². The maximum atomic E-state index is 11.5. The molecular formula is C11H17N3O. The first-order valence-electron chi connectivity index (χ1n) is 5.06. The molecule has 4 heteroatoms. The van der Waals surface area contributed by atoms with Gasteiger partial charge in [-0.2, -0.15) is 0 Å². The number of hydrogen-bond donors (Lipinski definition) is 2. The number of nitrogens with two attached hydrogens (primary N) is 1. The van der Waals surface area contributed by atoms with Gasteiger partial charge in [-0.3, -0.25) is 9.78 Å². The fourth-order valence-corrected chi connectivity index (χ4v) is 1.19. The van der Waals surface area contributed by atoms with Crippen molar-refractivity contribution in [3.8, 4) is 0 Å². The van der Waals surface area contributed by atoms with Crippen molar-refractivity contribution in [1.29, 1.82) is 0 Å². The van der Waals surface area contributed by atoms with Crippen LogP contribution in [0.25, 0.3) is 0 Å². The Hall–Kier alpha value is -1.42. The molecule has 1 aromatic rings. The molecule has 0 radical (unpaired) electrons. The van der Waals surface area contributed by atoms with E-state index in [-0.39, 0.29) is 11.9 Å². The molecule has 1 amide bonds. The Kier molecular flexibility index (Phi) is 4.24. The molecule has 1 atom stereocenters. The highest BCUT2D eigenvalue weighted by Gasteiger charge is 2.05. The zero-order valence-electron chi connectivity index (χ0n) is 9.16. The van der Waals surface area contributed by atoms with Crippen LogP contribution in [-0.4, -0.2) is 16.9 Å². The van der Waals surface area contributed by atoms with Crippen LogP contribution in [-0.2, 0) is 4.79 Å². The highest BCUT2D eigenvalue weighted by atomic mass is 16.1. The fourth-order valence-electron chi connectivity index (χ4n) is 1.19. The van der Waals surface area contributed by atoms with Gasteiger partial charge in [-0.1, -0.05) is 0 Å². The monoisotopic (exact) mass is 207 g/mol. The molecule has 0 fully saturated rings. The van der Waals surface area contributed by atoms with E-state index in [1.54, 1.807) is 12.3 Å². The molecule has 0 bridgehead atoms. The molecule has 1 unspecified atom stereocenters. The van der Waals surface area contributed by atoms with Crippen LogP contribution in [0.15, 0.2) is 18.3 Å². The predicted octanol–water partition coefficient (Wildman–Crippen LogP) is 1.46. The Bertz CT molecular complexity index is 336. The van der Waals surface area contributed by atoms with Crippen molar-refractivity contribution in [2.75, 3.05) is 5.32 Å². The van der Waals surface area contributed by atoms with Gasteiger partial charge in [-0.15, -0.1) is 0 Å². The predicted molar refractivity (Wildman–Crippen MR) is 60.5 cm³/mol. The van der Waals surface area contributed by atoms with E-state index in [2.05, 4.69) is 10.3 Å². The Morgan fingerprint density at radius 2 is 2.40 bits per heavy atom.